The topological polar surface area (TPSA) is 109 Å². The molecule has 0 radical (unpaired) electrons. The van der Waals surface area contributed by atoms with Gasteiger partial charge in [-0.15, -0.1) is 11.3 Å². The first-order chi connectivity index (χ1) is 16.3. The molecule has 0 spiro atoms. The van der Waals surface area contributed by atoms with E-state index in [2.05, 4.69) is 10.4 Å². The van der Waals surface area contributed by atoms with Crippen LogP contribution in [0.5, 0.6) is 0 Å². The highest BCUT2D eigenvalue weighted by Gasteiger charge is 2.25. The van der Waals surface area contributed by atoms with Crippen molar-refractivity contribution in [3.8, 4) is 0 Å². The molecular formula is C23H19FN4O5S. The third-order valence-corrected chi connectivity index (χ3v) is 5.78. The number of aromatic nitrogens is 1. The van der Waals surface area contributed by atoms with Gasteiger partial charge in [0.25, 0.3) is 0 Å². The zero-order valence-electron chi connectivity index (χ0n) is 18.0. The molecule has 1 aromatic heterocycles. The van der Waals surface area contributed by atoms with E-state index < -0.39 is 17.7 Å². The summed E-state index contributed by atoms with van der Waals surface area (Å²) in [6.45, 7) is 1.15. The van der Waals surface area contributed by atoms with Gasteiger partial charge < -0.3 is 4.74 Å². The van der Waals surface area contributed by atoms with Crippen LogP contribution in [0.4, 0.5) is 20.9 Å². The van der Waals surface area contributed by atoms with Crippen molar-refractivity contribution in [3.63, 3.8) is 0 Å². The molecule has 1 N–H and O–H groups in total. The highest BCUT2D eigenvalue weighted by atomic mass is 32.1. The molecule has 1 aliphatic rings. The van der Waals surface area contributed by atoms with Crippen molar-refractivity contribution in [2.45, 2.75) is 26.4 Å². The lowest BCUT2D eigenvalue weighted by Gasteiger charge is -2.27. The zero-order valence-corrected chi connectivity index (χ0v) is 18.8. The van der Waals surface area contributed by atoms with Gasteiger partial charge in [-0.3, -0.25) is 24.7 Å². The summed E-state index contributed by atoms with van der Waals surface area (Å²) in [6.07, 6.45) is 0.256. The van der Waals surface area contributed by atoms with Crippen LogP contribution in [-0.2, 0) is 25.7 Å². The first-order valence-corrected chi connectivity index (χ1v) is 11.1. The molecular weight excluding hydrogens is 463 g/mol. The second-order valence-corrected chi connectivity index (χ2v) is 8.15. The molecule has 3 aromatic rings. The molecule has 0 aliphatic carbocycles. The molecule has 3 amide bonds. The van der Waals surface area contributed by atoms with Crippen LogP contribution in [-0.4, -0.2) is 28.7 Å². The average Bonchev–Trinajstić information content (AvgIpc) is 3.29. The molecule has 0 unspecified atom stereocenters. The number of ether oxygens (including phenoxy) is 1. The SMILES string of the molecule is CC(=O)N(c1nc(COC(=O)c2ccc(N3NC(=O)CCC3=O)cc2)cs1)c1ccccc1F. The number of nitrogens with zero attached hydrogens (tertiary/aromatic N) is 3. The number of nitrogens with one attached hydrogen (secondary N) is 1. The summed E-state index contributed by atoms with van der Waals surface area (Å²) in [6, 6.07) is 11.9. The maximum atomic E-state index is 14.2. The van der Waals surface area contributed by atoms with Gasteiger partial charge in [0.15, 0.2) is 5.13 Å². The van der Waals surface area contributed by atoms with E-state index in [4.69, 9.17) is 4.74 Å². The number of para-hydroxylation sites is 1. The predicted molar refractivity (Wildman–Crippen MR) is 122 cm³/mol. The first kappa shape index (κ1) is 23.1. The number of halogens is 1. The lowest BCUT2D eigenvalue weighted by atomic mass is 10.2. The van der Waals surface area contributed by atoms with E-state index in [1.54, 1.807) is 11.4 Å². The standard InChI is InChI=1S/C23H19FN4O5S/c1-14(29)27(19-5-3-2-4-18(19)24)23-25-16(13-34-23)12-33-22(32)15-6-8-17(9-7-15)28-21(31)11-10-20(30)26-28/h2-9,13H,10-12H2,1H3,(H,26,30). The fourth-order valence-electron chi connectivity index (χ4n) is 3.26. The Morgan fingerprint density at radius 1 is 1.15 bits per heavy atom. The van der Waals surface area contributed by atoms with Crippen molar-refractivity contribution in [2.24, 2.45) is 0 Å². The summed E-state index contributed by atoms with van der Waals surface area (Å²) < 4.78 is 19.5. The van der Waals surface area contributed by atoms with Gasteiger partial charge >= 0.3 is 5.97 Å². The van der Waals surface area contributed by atoms with E-state index in [9.17, 15) is 23.6 Å². The van der Waals surface area contributed by atoms with Gasteiger partial charge in [0.05, 0.1) is 22.6 Å². The van der Waals surface area contributed by atoms with E-state index in [-0.39, 0.29) is 47.6 Å². The lowest BCUT2D eigenvalue weighted by molar-refractivity contribution is -0.130. The van der Waals surface area contributed by atoms with E-state index >= 15 is 0 Å². The molecule has 1 saturated heterocycles. The maximum Gasteiger partial charge on any atom is 0.338 e. The third-order valence-electron chi connectivity index (χ3n) is 4.90. The summed E-state index contributed by atoms with van der Waals surface area (Å²) >= 11 is 1.12. The van der Waals surface area contributed by atoms with Crippen LogP contribution in [0.3, 0.4) is 0 Å². The number of hydrogen-bond acceptors (Lipinski definition) is 7. The Bertz CT molecular complexity index is 1260. The van der Waals surface area contributed by atoms with Gasteiger partial charge in [0.1, 0.15) is 12.4 Å². The first-order valence-electron chi connectivity index (χ1n) is 10.2. The van der Waals surface area contributed by atoms with Crippen molar-refractivity contribution in [1.29, 1.82) is 0 Å². The molecule has 0 bridgehead atoms. The van der Waals surface area contributed by atoms with Crippen LogP contribution in [0.25, 0.3) is 0 Å². The monoisotopic (exact) mass is 482 g/mol. The summed E-state index contributed by atoms with van der Waals surface area (Å²) in [5.41, 5.74) is 3.63. The molecule has 0 atom stereocenters. The number of thiazole rings is 1. The molecule has 34 heavy (non-hydrogen) atoms. The minimum absolute atomic E-state index is 0.0800. The molecule has 174 valence electrons. The molecule has 11 heteroatoms. The van der Waals surface area contributed by atoms with E-state index in [0.29, 0.717) is 11.4 Å². The number of amides is 3. The second kappa shape index (κ2) is 9.79. The van der Waals surface area contributed by atoms with Gasteiger partial charge in [-0.2, -0.15) is 0 Å². The number of rotatable bonds is 6. The number of hydrogen-bond donors (Lipinski definition) is 1. The van der Waals surface area contributed by atoms with Crippen LogP contribution in [0, 0.1) is 5.82 Å². The Morgan fingerprint density at radius 3 is 2.59 bits per heavy atom. The van der Waals surface area contributed by atoms with Gasteiger partial charge in [0, 0.05) is 25.1 Å². The van der Waals surface area contributed by atoms with Gasteiger partial charge in [-0.1, -0.05) is 12.1 Å². The van der Waals surface area contributed by atoms with Crippen molar-refractivity contribution in [2.75, 3.05) is 9.91 Å². The highest BCUT2D eigenvalue weighted by molar-refractivity contribution is 7.14. The minimum Gasteiger partial charge on any atom is -0.456 e. The lowest BCUT2D eigenvalue weighted by Crippen LogP contribution is -2.50. The Labute approximate surface area is 197 Å². The summed E-state index contributed by atoms with van der Waals surface area (Å²) in [7, 11) is 0. The van der Waals surface area contributed by atoms with Crippen LogP contribution in [0.15, 0.2) is 53.9 Å². The van der Waals surface area contributed by atoms with Crippen LogP contribution in [0.2, 0.25) is 0 Å². The molecule has 1 fully saturated rings. The quantitative estimate of drug-likeness (QED) is 0.539. The Hall–Kier alpha value is -4.12. The van der Waals surface area contributed by atoms with Crippen LogP contribution >= 0.6 is 11.3 Å². The number of carbonyl (C=O) groups excluding carboxylic acids is 4. The van der Waals surface area contributed by atoms with Crippen molar-refractivity contribution in [1.82, 2.24) is 10.4 Å². The fourth-order valence-corrected chi connectivity index (χ4v) is 4.12. The summed E-state index contributed by atoms with van der Waals surface area (Å²) in [4.78, 5) is 53.5. The average molecular weight is 482 g/mol. The van der Waals surface area contributed by atoms with Gasteiger partial charge in [0.2, 0.25) is 17.7 Å². The Balaban J connectivity index is 1.41. The van der Waals surface area contributed by atoms with Gasteiger partial charge in [-0.25, -0.2) is 19.2 Å². The predicted octanol–water partition coefficient (Wildman–Crippen LogP) is 3.48. The number of anilines is 3. The highest BCUT2D eigenvalue weighted by Crippen LogP contribution is 2.31. The van der Waals surface area contributed by atoms with Crippen LogP contribution in [0.1, 0.15) is 35.8 Å². The molecule has 2 heterocycles. The largest absolute Gasteiger partial charge is 0.456 e. The van der Waals surface area contributed by atoms with E-state index in [1.165, 1.54) is 49.4 Å². The van der Waals surface area contributed by atoms with Crippen LogP contribution < -0.4 is 15.3 Å². The van der Waals surface area contributed by atoms with Crippen molar-refractivity contribution < 1.29 is 28.3 Å². The molecule has 2 aromatic carbocycles. The Morgan fingerprint density at radius 2 is 1.88 bits per heavy atom. The number of hydrazine groups is 1. The number of carbonyl (C=O) groups is 4. The van der Waals surface area contributed by atoms with Crippen molar-refractivity contribution in [3.05, 3.63) is 71.0 Å². The fraction of sp³-hybridized carbons (Fsp3) is 0.174. The van der Waals surface area contributed by atoms with E-state index in [1.807, 2.05) is 0 Å². The normalized spacial score (nSPS) is 13.4. The smallest absolute Gasteiger partial charge is 0.338 e. The second-order valence-electron chi connectivity index (χ2n) is 7.31. The van der Waals surface area contributed by atoms with Gasteiger partial charge in [-0.05, 0) is 36.4 Å². The molecule has 1 aliphatic heterocycles. The molecule has 0 saturated carbocycles. The van der Waals surface area contributed by atoms with E-state index in [0.717, 1.165) is 21.2 Å². The molecule has 4 rings (SSSR count). The maximum absolute atomic E-state index is 14.2. The third kappa shape index (κ3) is 4.94. The number of benzene rings is 2. The van der Waals surface area contributed by atoms with Crippen molar-refractivity contribution >= 4 is 51.5 Å². The summed E-state index contributed by atoms with van der Waals surface area (Å²) in [5, 5.41) is 3.02. The zero-order chi connectivity index (χ0) is 24.2. The molecule has 9 nitrogen and oxygen atoms in total. The minimum atomic E-state index is -0.618. The summed E-state index contributed by atoms with van der Waals surface area (Å²) in [5.74, 6) is -2.09. The Kier molecular flexibility index (Phi) is 6.64. The number of esters is 1.